The zero-order chi connectivity index (χ0) is 21.2. The number of aromatic nitrogens is 6. The Morgan fingerprint density at radius 3 is 2.97 bits per heavy atom. The van der Waals surface area contributed by atoms with Crippen LogP contribution < -0.4 is 5.32 Å². The number of fused-ring (bicyclic) bond motifs is 2. The van der Waals surface area contributed by atoms with Crippen LogP contribution in [0, 0.1) is 0 Å². The molecule has 5 aromatic heterocycles. The van der Waals surface area contributed by atoms with Crippen LogP contribution in [0.3, 0.4) is 0 Å². The van der Waals surface area contributed by atoms with Gasteiger partial charge in [-0.25, -0.2) is 9.97 Å². The molecule has 0 saturated heterocycles. The second-order valence-electron chi connectivity index (χ2n) is 7.40. The molecule has 0 fully saturated rings. The molecule has 5 rings (SSSR count). The van der Waals surface area contributed by atoms with Gasteiger partial charge in [-0.2, -0.15) is 5.10 Å². The summed E-state index contributed by atoms with van der Waals surface area (Å²) in [6.07, 6.45) is 7.49. The maximum absolute atomic E-state index is 12.1. The van der Waals surface area contributed by atoms with Crippen molar-refractivity contribution in [3.05, 3.63) is 55.0 Å². The van der Waals surface area contributed by atoms with E-state index in [1.54, 1.807) is 18.6 Å². The smallest absolute Gasteiger partial charge is 0.224 e. The summed E-state index contributed by atoms with van der Waals surface area (Å²) in [6, 6.07) is 11.7. The van der Waals surface area contributed by atoms with E-state index in [0.717, 1.165) is 57.6 Å². The first-order valence-corrected chi connectivity index (χ1v) is 10.3. The van der Waals surface area contributed by atoms with Gasteiger partial charge < -0.3 is 10.3 Å². The lowest BCUT2D eigenvalue weighted by Gasteiger charge is -2.07. The van der Waals surface area contributed by atoms with Crippen LogP contribution in [0.15, 0.2) is 55.0 Å². The number of nitrogens with one attached hydrogen (secondary N) is 3. The Bertz CT molecular complexity index is 1350. The number of hydrogen-bond donors (Lipinski definition) is 3. The quantitative estimate of drug-likeness (QED) is 0.375. The number of carbonyl (C=O) groups excluding carboxylic acids is 1. The minimum atomic E-state index is -0.00578. The van der Waals surface area contributed by atoms with E-state index >= 15 is 0 Å². The standard InChI is InChI=1S/C23H21N7O/c1-2-3-6-20(31)26-16-10-15(12-24-13-16)17-7-8-18-21(27-17)22(30-29-18)19-11-14-5-4-9-25-23(14)28-19/h4-5,7-13H,2-3,6H2,1H3,(H,25,28)(H,26,31)(H,29,30). The minimum Gasteiger partial charge on any atom is -0.338 e. The van der Waals surface area contributed by atoms with Crippen LogP contribution in [0.1, 0.15) is 26.2 Å². The molecule has 0 unspecified atom stereocenters. The van der Waals surface area contributed by atoms with Gasteiger partial charge in [-0.3, -0.25) is 14.9 Å². The molecule has 5 heterocycles. The van der Waals surface area contributed by atoms with Crippen molar-refractivity contribution in [2.24, 2.45) is 0 Å². The second kappa shape index (κ2) is 7.98. The third-order valence-corrected chi connectivity index (χ3v) is 5.13. The average molecular weight is 411 g/mol. The highest BCUT2D eigenvalue weighted by Gasteiger charge is 2.14. The predicted molar refractivity (Wildman–Crippen MR) is 120 cm³/mol. The van der Waals surface area contributed by atoms with Gasteiger partial charge in [0.25, 0.3) is 0 Å². The summed E-state index contributed by atoms with van der Waals surface area (Å²) in [4.78, 5) is 28.8. The van der Waals surface area contributed by atoms with E-state index in [-0.39, 0.29) is 5.91 Å². The topological polar surface area (TPSA) is 112 Å². The molecule has 0 aromatic carbocycles. The van der Waals surface area contributed by atoms with Crippen molar-refractivity contribution in [3.63, 3.8) is 0 Å². The Morgan fingerprint density at radius 1 is 1.16 bits per heavy atom. The van der Waals surface area contributed by atoms with E-state index in [1.807, 2.05) is 36.4 Å². The summed E-state index contributed by atoms with van der Waals surface area (Å²) in [5, 5.41) is 11.4. The summed E-state index contributed by atoms with van der Waals surface area (Å²) in [5.74, 6) is -0.00578. The third-order valence-electron chi connectivity index (χ3n) is 5.13. The summed E-state index contributed by atoms with van der Waals surface area (Å²) >= 11 is 0. The molecule has 0 bridgehead atoms. The molecule has 0 spiro atoms. The number of hydrogen-bond acceptors (Lipinski definition) is 5. The van der Waals surface area contributed by atoms with Crippen molar-refractivity contribution in [1.29, 1.82) is 0 Å². The van der Waals surface area contributed by atoms with Gasteiger partial charge in [0.1, 0.15) is 16.9 Å². The molecule has 1 amide bonds. The molecule has 3 N–H and O–H groups in total. The van der Waals surface area contributed by atoms with Gasteiger partial charge >= 0.3 is 0 Å². The van der Waals surface area contributed by atoms with Crippen LogP contribution in [0.25, 0.3) is 44.7 Å². The normalized spacial score (nSPS) is 11.3. The number of pyridine rings is 3. The molecule has 0 atom stereocenters. The van der Waals surface area contributed by atoms with Crippen molar-refractivity contribution in [2.75, 3.05) is 5.32 Å². The highest BCUT2D eigenvalue weighted by Crippen LogP contribution is 2.29. The third kappa shape index (κ3) is 3.75. The monoisotopic (exact) mass is 411 g/mol. The molecular weight excluding hydrogens is 390 g/mol. The summed E-state index contributed by atoms with van der Waals surface area (Å²) in [5.41, 5.74) is 6.20. The molecule has 154 valence electrons. The van der Waals surface area contributed by atoms with E-state index in [0.29, 0.717) is 12.1 Å². The fourth-order valence-electron chi connectivity index (χ4n) is 3.54. The van der Waals surface area contributed by atoms with Crippen LogP contribution in [0.5, 0.6) is 0 Å². The number of anilines is 1. The van der Waals surface area contributed by atoms with E-state index in [4.69, 9.17) is 4.98 Å². The Hall–Kier alpha value is -4.07. The highest BCUT2D eigenvalue weighted by atomic mass is 16.1. The highest BCUT2D eigenvalue weighted by molar-refractivity contribution is 5.94. The number of amides is 1. The van der Waals surface area contributed by atoms with Crippen LogP contribution in [-0.2, 0) is 4.79 Å². The second-order valence-corrected chi connectivity index (χ2v) is 7.40. The molecule has 0 aliphatic carbocycles. The first-order chi connectivity index (χ1) is 15.2. The lowest BCUT2D eigenvalue weighted by atomic mass is 10.1. The summed E-state index contributed by atoms with van der Waals surface area (Å²) < 4.78 is 0. The molecule has 5 aromatic rings. The van der Waals surface area contributed by atoms with Crippen LogP contribution in [-0.4, -0.2) is 36.0 Å². The first-order valence-electron chi connectivity index (χ1n) is 10.3. The molecule has 0 aliphatic rings. The minimum absolute atomic E-state index is 0.00578. The Kier molecular flexibility index (Phi) is 4.87. The largest absolute Gasteiger partial charge is 0.338 e. The van der Waals surface area contributed by atoms with Gasteiger partial charge in [-0.1, -0.05) is 13.3 Å². The van der Waals surface area contributed by atoms with Gasteiger partial charge in [0.15, 0.2) is 0 Å². The fraction of sp³-hybridized carbons (Fsp3) is 0.174. The average Bonchev–Trinajstić information content (AvgIpc) is 3.41. The van der Waals surface area contributed by atoms with Crippen molar-refractivity contribution < 1.29 is 4.79 Å². The lowest BCUT2D eigenvalue weighted by Crippen LogP contribution is -2.11. The predicted octanol–water partition coefficient (Wildman–Crippen LogP) is 4.69. The Labute approximate surface area is 178 Å². The molecule has 8 nitrogen and oxygen atoms in total. The number of aromatic amines is 2. The van der Waals surface area contributed by atoms with E-state index in [1.165, 1.54) is 0 Å². The maximum atomic E-state index is 12.1. The zero-order valence-electron chi connectivity index (χ0n) is 17.0. The van der Waals surface area contributed by atoms with Gasteiger partial charge in [-0.15, -0.1) is 0 Å². The van der Waals surface area contributed by atoms with Crippen molar-refractivity contribution in [2.45, 2.75) is 26.2 Å². The number of rotatable bonds is 6. The Morgan fingerprint density at radius 2 is 2.10 bits per heavy atom. The number of unbranched alkanes of at least 4 members (excludes halogenated alkanes) is 1. The first kappa shape index (κ1) is 18.9. The zero-order valence-corrected chi connectivity index (χ0v) is 17.0. The molecule has 8 heteroatoms. The number of carbonyl (C=O) groups is 1. The fourth-order valence-corrected chi connectivity index (χ4v) is 3.54. The number of nitrogens with zero attached hydrogens (tertiary/aromatic N) is 4. The van der Waals surface area contributed by atoms with E-state index in [9.17, 15) is 4.79 Å². The lowest BCUT2D eigenvalue weighted by molar-refractivity contribution is -0.116. The van der Waals surface area contributed by atoms with Gasteiger partial charge in [0, 0.05) is 29.8 Å². The van der Waals surface area contributed by atoms with Gasteiger partial charge in [0.05, 0.1) is 28.8 Å². The van der Waals surface area contributed by atoms with Crippen molar-refractivity contribution in [3.8, 4) is 22.6 Å². The van der Waals surface area contributed by atoms with Crippen LogP contribution >= 0.6 is 0 Å². The van der Waals surface area contributed by atoms with Crippen molar-refractivity contribution >= 4 is 33.7 Å². The van der Waals surface area contributed by atoms with Crippen LogP contribution in [0.4, 0.5) is 5.69 Å². The summed E-state index contributed by atoms with van der Waals surface area (Å²) in [7, 11) is 0. The molecular formula is C23H21N7O. The van der Waals surface area contributed by atoms with Crippen molar-refractivity contribution in [1.82, 2.24) is 30.1 Å². The van der Waals surface area contributed by atoms with Gasteiger partial charge in [0.2, 0.25) is 5.91 Å². The number of H-pyrrole nitrogens is 2. The Balaban J connectivity index is 1.49. The molecule has 31 heavy (non-hydrogen) atoms. The van der Waals surface area contributed by atoms with E-state index in [2.05, 4.69) is 37.4 Å². The molecule has 0 saturated carbocycles. The SMILES string of the molecule is CCCCC(=O)Nc1cncc(-c2ccc3[nH]nc(-c4cc5cccnc5[nH]4)c3n2)c1. The summed E-state index contributed by atoms with van der Waals surface area (Å²) in [6.45, 7) is 2.06. The van der Waals surface area contributed by atoms with E-state index < -0.39 is 0 Å². The maximum Gasteiger partial charge on any atom is 0.224 e. The van der Waals surface area contributed by atoms with Crippen LogP contribution in [0.2, 0.25) is 0 Å². The van der Waals surface area contributed by atoms with Gasteiger partial charge in [-0.05, 0) is 42.8 Å². The molecule has 0 radical (unpaired) electrons. The molecule has 0 aliphatic heterocycles.